The topological polar surface area (TPSA) is 81.4 Å². The third-order valence-corrected chi connectivity index (χ3v) is 3.25. The van der Waals surface area contributed by atoms with Gasteiger partial charge in [-0.05, 0) is 36.2 Å². The predicted molar refractivity (Wildman–Crippen MR) is 88.0 cm³/mol. The second-order valence-electron chi connectivity index (χ2n) is 5.12. The summed E-state index contributed by atoms with van der Waals surface area (Å²) >= 11 is 0. The first-order chi connectivity index (χ1) is 11.1. The summed E-state index contributed by atoms with van der Waals surface area (Å²) in [6.07, 6.45) is 0.811. The van der Waals surface area contributed by atoms with Crippen molar-refractivity contribution in [3.63, 3.8) is 0 Å². The van der Waals surface area contributed by atoms with Crippen LogP contribution in [0.2, 0.25) is 0 Å². The number of carbonyl (C=O) groups excluding carboxylic acids is 2. The van der Waals surface area contributed by atoms with Gasteiger partial charge in [-0.15, -0.1) is 0 Å². The Morgan fingerprint density at radius 3 is 2.35 bits per heavy atom. The fraction of sp³-hybridized carbons (Fsp3) is 0.222. The van der Waals surface area contributed by atoms with E-state index in [1.54, 1.807) is 24.3 Å². The van der Waals surface area contributed by atoms with Crippen molar-refractivity contribution in [3.05, 3.63) is 65.7 Å². The summed E-state index contributed by atoms with van der Waals surface area (Å²) in [6.45, 7) is 0.910. The molecule has 0 heterocycles. The van der Waals surface area contributed by atoms with Crippen molar-refractivity contribution < 1.29 is 14.3 Å². The summed E-state index contributed by atoms with van der Waals surface area (Å²) < 4.78 is 5.67. The van der Waals surface area contributed by atoms with E-state index in [0.717, 1.165) is 5.56 Å². The lowest BCUT2D eigenvalue weighted by Gasteiger charge is -2.08. The zero-order valence-corrected chi connectivity index (χ0v) is 12.8. The average Bonchev–Trinajstić information content (AvgIpc) is 2.58. The molecule has 0 atom stereocenters. The lowest BCUT2D eigenvalue weighted by atomic mass is 10.2. The van der Waals surface area contributed by atoms with Crippen molar-refractivity contribution in [2.45, 2.75) is 19.4 Å². The number of primary amides is 1. The van der Waals surface area contributed by atoms with Crippen molar-refractivity contribution in [1.82, 2.24) is 5.32 Å². The highest BCUT2D eigenvalue weighted by Gasteiger charge is 2.05. The summed E-state index contributed by atoms with van der Waals surface area (Å²) in [5, 5.41) is 2.74. The monoisotopic (exact) mass is 312 g/mol. The van der Waals surface area contributed by atoms with Gasteiger partial charge in [0.2, 0.25) is 5.91 Å². The molecule has 5 heteroatoms. The molecule has 3 N–H and O–H groups in total. The molecule has 2 amide bonds. The Morgan fingerprint density at radius 2 is 1.70 bits per heavy atom. The van der Waals surface area contributed by atoms with Crippen LogP contribution < -0.4 is 15.8 Å². The first kappa shape index (κ1) is 16.5. The van der Waals surface area contributed by atoms with Crippen LogP contribution in [0.4, 0.5) is 0 Å². The second kappa shape index (κ2) is 8.58. The molecule has 2 aromatic carbocycles. The highest BCUT2D eigenvalue weighted by Crippen LogP contribution is 2.14. The van der Waals surface area contributed by atoms with Gasteiger partial charge >= 0.3 is 0 Å². The van der Waals surface area contributed by atoms with E-state index in [9.17, 15) is 9.59 Å². The van der Waals surface area contributed by atoms with Crippen LogP contribution in [0.5, 0.6) is 5.75 Å². The van der Waals surface area contributed by atoms with E-state index in [1.165, 1.54) is 0 Å². The molecule has 0 aromatic heterocycles. The maximum atomic E-state index is 11.9. The summed E-state index contributed by atoms with van der Waals surface area (Å²) in [4.78, 5) is 22.5. The SMILES string of the molecule is NC(=O)CCCNC(=O)c1ccc(OCc2ccccc2)cc1. The quantitative estimate of drug-likeness (QED) is 0.734. The van der Waals surface area contributed by atoms with Crippen LogP contribution >= 0.6 is 0 Å². The van der Waals surface area contributed by atoms with Crippen LogP contribution in [-0.4, -0.2) is 18.4 Å². The molecule has 0 aliphatic carbocycles. The predicted octanol–water partition coefficient (Wildman–Crippen LogP) is 2.26. The minimum absolute atomic E-state index is 0.177. The Hall–Kier alpha value is -2.82. The molecular formula is C18H20N2O3. The number of benzene rings is 2. The first-order valence-electron chi connectivity index (χ1n) is 7.48. The first-order valence-corrected chi connectivity index (χ1v) is 7.48. The Balaban J connectivity index is 1.79. The Morgan fingerprint density at radius 1 is 1.00 bits per heavy atom. The minimum Gasteiger partial charge on any atom is -0.489 e. The van der Waals surface area contributed by atoms with Gasteiger partial charge in [0.1, 0.15) is 12.4 Å². The molecule has 23 heavy (non-hydrogen) atoms. The number of hydrogen-bond donors (Lipinski definition) is 2. The van der Waals surface area contributed by atoms with Crippen LogP contribution in [0.3, 0.4) is 0 Å². The lowest BCUT2D eigenvalue weighted by Crippen LogP contribution is -2.25. The summed E-state index contributed by atoms with van der Waals surface area (Å²) in [5.74, 6) is 0.169. The molecule has 2 aromatic rings. The maximum absolute atomic E-state index is 11.9. The van der Waals surface area contributed by atoms with Gasteiger partial charge in [-0.2, -0.15) is 0 Å². The molecule has 0 aliphatic heterocycles. The van der Waals surface area contributed by atoms with Gasteiger partial charge < -0.3 is 15.8 Å². The number of ether oxygens (including phenoxy) is 1. The van der Waals surface area contributed by atoms with Crippen molar-refractivity contribution in [2.75, 3.05) is 6.54 Å². The molecule has 5 nitrogen and oxygen atoms in total. The van der Waals surface area contributed by atoms with Crippen molar-refractivity contribution >= 4 is 11.8 Å². The second-order valence-corrected chi connectivity index (χ2v) is 5.12. The van der Waals surface area contributed by atoms with Crippen LogP contribution in [0, 0.1) is 0 Å². The number of rotatable bonds is 8. The molecule has 0 bridgehead atoms. The third-order valence-electron chi connectivity index (χ3n) is 3.25. The number of nitrogens with two attached hydrogens (primary N) is 1. The van der Waals surface area contributed by atoms with Gasteiger partial charge in [0.05, 0.1) is 0 Å². The maximum Gasteiger partial charge on any atom is 0.251 e. The number of nitrogens with one attached hydrogen (secondary N) is 1. The fourth-order valence-electron chi connectivity index (χ4n) is 2.01. The highest BCUT2D eigenvalue weighted by molar-refractivity contribution is 5.94. The van der Waals surface area contributed by atoms with Crippen LogP contribution in [0.25, 0.3) is 0 Å². The van der Waals surface area contributed by atoms with Crippen LogP contribution in [0.1, 0.15) is 28.8 Å². The van der Waals surface area contributed by atoms with E-state index < -0.39 is 0 Å². The van der Waals surface area contributed by atoms with Crippen molar-refractivity contribution in [2.24, 2.45) is 5.73 Å². The highest BCUT2D eigenvalue weighted by atomic mass is 16.5. The zero-order valence-electron chi connectivity index (χ0n) is 12.8. The summed E-state index contributed by atoms with van der Waals surface area (Å²) in [7, 11) is 0. The Kier molecular flexibility index (Phi) is 6.17. The molecule has 0 unspecified atom stereocenters. The minimum atomic E-state index is -0.362. The van der Waals surface area contributed by atoms with Gasteiger partial charge in [0, 0.05) is 18.5 Å². The normalized spacial score (nSPS) is 10.1. The standard InChI is InChI=1S/C18H20N2O3/c19-17(21)7-4-12-20-18(22)15-8-10-16(11-9-15)23-13-14-5-2-1-3-6-14/h1-3,5-6,8-11H,4,7,12-13H2,(H2,19,21)(H,20,22). The van der Waals surface area contributed by atoms with Crippen molar-refractivity contribution in [3.8, 4) is 5.75 Å². The molecule has 0 spiro atoms. The van der Waals surface area contributed by atoms with Gasteiger partial charge in [-0.3, -0.25) is 9.59 Å². The third kappa shape index (κ3) is 5.82. The lowest BCUT2D eigenvalue weighted by molar-refractivity contribution is -0.118. The number of carbonyl (C=O) groups is 2. The van der Waals surface area contributed by atoms with E-state index in [-0.39, 0.29) is 18.2 Å². The van der Waals surface area contributed by atoms with Gasteiger partial charge in [-0.25, -0.2) is 0 Å². The van der Waals surface area contributed by atoms with E-state index >= 15 is 0 Å². The van der Waals surface area contributed by atoms with Crippen LogP contribution in [-0.2, 0) is 11.4 Å². The van der Waals surface area contributed by atoms with E-state index in [0.29, 0.717) is 30.9 Å². The van der Waals surface area contributed by atoms with Gasteiger partial charge in [-0.1, -0.05) is 30.3 Å². The molecule has 0 aliphatic rings. The van der Waals surface area contributed by atoms with Gasteiger partial charge in [0.15, 0.2) is 0 Å². The van der Waals surface area contributed by atoms with Crippen molar-refractivity contribution in [1.29, 1.82) is 0 Å². The number of hydrogen-bond acceptors (Lipinski definition) is 3. The Labute approximate surface area is 135 Å². The largest absolute Gasteiger partial charge is 0.489 e. The zero-order chi connectivity index (χ0) is 16.5. The average molecular weight is 312 g/mol. The smallest absolute Gasteiger partial charge is 0.251 e. The van der Waals surface area contributed by atoms with E-state index in [1.807, 2.05) is 30.3 Å². The fourth-order valence-corrected chi connectivity index (χ4v) is 2.01. The summed E-state index contributed by atoms with van der Waals surface area (Å²) in [5.41, 5.74) is 6.68. The molecular weight excluding hydrogens is 292 g/mol. The molecule has 0 saturated carbocycles. The summed E-state index contributed by atoms with van der Waals surface area (Å²) in [6, 6.07) is 16.8. The molecule has 120 valence electrons. The van der Waals surface area contributed by atoms with Crippen LogP contribution in [0.15, 0.2) is 54.6 Å². The molecule has 0 fully saturated rings. The Bertz CT molecular complexity index is 639. The van der Waals surface area contributed by atoms with E-state index in [4.69, 9.17) is 10.5 Å². The van der Waals surface area contributed by atoms with Gasteiger partial charge in [0.25, 0.3) is 5.91 Å². The molecule has 0 saturated heterocycles. The van der Waals surface area contributed by atoms with E-state index in [2.05, 4.69) is 5.32 Å². The number of amides is 2. The molecule has 2 rings (SSSR count). The molecule has 0 radical (unpaired) electrons.